The maximum absolute atomic E-state index is 12.4. The molecule has 0 unspecified atom stereocenters. The van der Waals surface area contributed by atoms with E-state index in [1.54, 1.807) is 6.20 Å². The van der Waals surface area contributed by atoms with Gasteiger partial charge in [-0.15, -0.1) is 0 Å². The molecule has 120 valence electrons. The number of hydrogen-bond acceptors (Lipinski definition) is 6. The molecule has 0 spiro atoms. The van der Waals surface area contributed by atoms with Crippen LogP contribution in [0.5, 0.6) is 0 Å². The zero-order valence-corrected chi connectivity index (χ0v) is 13.6. The molecule has 0 aliphatic carbocycles. The monoisotopic (exact) mass is 325 g/mol. The number of rotatable bonds is 3. The van der Waals surface area contributed by atoms with Crippen LogP contribution in [0.1, 0.15) is 45.3 Å². The number of aryl methyl sites for hydroxylation is 2. The van der Waals surface area contributed by atoms with Gasteiger partial charge in [-0.1, -0.05) is 20.8 Å². The predicted octanol–water partition coefficient (Wildman–Crippen LogP) is 1.70. The van der Waals surface area contributed by atoms with Crippen molar-refractivity contribution in [3.8, 4) is 0 Å². The Morgan fingerprint density at radius 2 is 2.05 bits per heavy atom. The van der Waals surface area contributed by atoms with E-state index in [-0.39, 0.29) is 16.4 Å². The SMILES string of the molecule is CC(C)(C)c1nc(NS(=O)(=O)c2cn3c(n2)CCCC3)no1. The summed E-state index contributed by atoms with van der Waals surface area (Å²) in [5.41, 5.74) is -0.343. The fraction of sp³-hybridized carbons (Fsp3) is 0.615. The number of aromatic nitrogens is 4. The van der Waals surface area contributed by atoms with Gasteiger partial charge in [0.05, 0.1) is 0 Å². The van der Waals surface area contributed by atoms with Crippen LogP contribution in [0, 0.1) is 0 Å². The molecular weight excluding hydrogens is 306 g/mol. The molecule has 2 aromatic heterocycles. The minimum Gasteiger partial charge on any atom is -0.337 e. The predicted molar refractivity (Wildman–Crippen MR) is 79.0 cm³/mol. The molecule has 0 saturated carbocycles. The van der Waals surface area contributed by atoms with E-state index in [2.05, 4.69) is 19.8 Å². The summed E-state index contributed by atoms with van der Waals surface area (Å²) in [5.74, 6) is 1.10. The number of anilines is 1. The Hall–Kier alpha value is -1.90. The highest BCUT2D eigenvalue weighted by atomic mass is 32.2. The Labute approximate surface area is 129 Å². The van der Waals surface area contributed by atoms with E-state index < -0.39 is 10.0 Å². The van der Waals surface area contributed by atoms with Gasteiger partial charge in [-0.3, -0.25) is 0 Å². The molecule has 0 fully saturated rings. The Kier molecular flexibility index (Phi) is 3.47. The number of imidazole rings is 1. The van der Waals surface area contributed by atoms with E-state index in [1.807, 2.05) is 25.3 Å². The Balaban J connectivity index is 1.84. The van der Waals surface area contributed by atoms with E-state index >= 15 is 0 Å². The number of nitrogens with one attached hydrogen (secondary N) is 1. The van der Waals surface area contributed by atoms with Gasteiger partial charge in [0.2, 0.25) is 5.89 Å². The van der Waals surface area contributed by atoms with Crippen molar-refractivity contribution in [1.29, 1.82) is 0 Å². The Bertz CT molecular complexity index is 761. The molecule has 0 bridgehead atoms. The summed E-state index contributed by atoms with van der Waals surface area (Å²) >= 11 is 0. The van der Waals surface area contributed by atoms with Gasteiger partial charge < -0.3 is 9.09 Å². The number of sulfonamides is 1. The molecular formula is C13H19N5O3S. The zero-order valence-electron chi connectivity index (χ0n) is 12.8. The molecule has 22 heavy (non-hydrogen) atoms. The van der Waals surface area contributed by atoms with Crippen molar-refractivity contribution in [3.63, 3.8) is 0 Å². The van der Waals surface area contributed by atoms with E-state index in [1.165, 1.54) is 0 Å². The first-order chi connectivity index (χ1) is 10.3. The lowest BCUT2D eigenvalue weighted by Gasteiger charge is -2.11. The summed E-state index contributed by atoms with van der Waals surface area (Å²) in [5, 5.41) is 3.66. The lowest BCUT2D eigenvalue weighted by molar-refractivity contribution is 0.321. The normalized spacial score (nSPS) is 15.6. The van der Waals surface area contributed by atoms with Crippen molar-refractivity contribution in [2.24, 2.45) is 0 Å². The van der Waals surface area contributed by atoms with E-state index in [9.17, 15) is 8.42 Å². The standard InChI is InChI=1S/C13H19N5O3S/c1-13(2,3)11-15-12(16-21-11)17-22(19,20)10-8-18-7-5-4-6-9(18)14-10/h8H,4-7H2,1-3H3,(H,16,17). The van der Waals surface area contributed by atoms with Gasteiger partial charge in [0.25, 0.3) is 16.0 Å². The molecule has 2 aromatic rings. The highest BCUT2D eigenvalue weighted by molar-refractivity contribution is 7.92. The van der Waals surface area contributed by atoms with Gasteiger partial charge in [0.1, 0.15) is 5.82 Å². The summed E-state index contributed by atoms with van der Waals surface area (Å²) in [6.45, 7) is 6.51. The molecule has 3 heterocycles. The molecule has 0 aromatic carbocycles. The summed E-state index contributed by atoms with van der Waals surface area (Å²) < 4.78 is 34.0. The third-order valence-corrected chi connectivity index (χ3v) is 4.65. The summed E-state index contributed by atoms with van der Waals surface area (Å²) in [4.78, 5) is 8.27. The summed E-state index contributed by atoms with van der Waals surface area (Å²) in [6, 6.07) is 0. The van der Waals surface area contributed by atoms with Gasteiger partial charge >= 0.3 is 0 Å². The van der Waals surface area contributed by atoms with Crippen LogP contribution < -0.4 is 4.72 Å². The van der Waals surface area contributed by atoms with Crippen LogP contribution in [0.25, 0.3) is 0 Å². The first-order valence-corrected chi connectivity index (χ1v) is 8.67. The second-order valence-electron chi connectivity index (χ2n) is 6.42. The van der Waals surface area contributed by atoms with E-state index in [4.69, 9.17) is 4.52 Å². The highest BCUT2D eigenvalue weighted by Crippen LogP contribution is 2.23. The Morgan fingerprint density at radius 3 is 2.68 bits per heavy atom. The topological polar surface area (TPSA) is 103 Å². The lowest BCUT2D eigenvalue weighted by Crippen LogP contribution is -2.15. The van der Waals surface area contributed by atoms with Gasteiger partial charge in [0.15, 0.2) is 5.03 Å². The van der Waals surface area contributed by atoms with Crippen molar-refractivity contribution in [1.82, 2.24) is 19.7 Å². The van der Waals surface area contributed by atoms with Gasteiger partial charge in [0, 0.05) is 24.6 Å². The van der Waals surface area contributed by atoms with Crippen molar-refractivity contribution in [2.75, 3.05) is 4.72 Å². The molecule has 3 rings (SSSR count). The minimum atomic E-state index is -3.81. The summed E-state index contributed by atoms with van der Waals surface area (Å²) in [6.07, 6.45) is 4.42. The van der Waals surface area contributed by atoms with Crippen LogP contribution in [0.2, 0.25) is 0 Å². The van der Waals surface area contributed by atoms with Crippen molar-refractivity contribution in [2.45, 2.75) is 57.0 Å². The number of hydrogen-bond donors (Lipinski definition) is 1. The molecule has 0 saturated heterocycles. The van der Waals surface area contributed by atoms with Gasteiger partial charge in [-0.25, -0.2) is 9.71 Å². The maximum atomic E-state index is 12.4. The first-order valence-electron chi connectivity index (χ1n) is 7.19. The average Bonchev–Trinajstić information content (AvgIpc) is 3.03. The smallest absolute Gasteiger partial charge is 0.283 e. The molecule has 0 atom stereocenters. The Morgan fingerprint density at radius 1 is 1.27 bits per heavy atom. The lowest BCUT2D eigenvalue weighted by atomic mass is 9.97. The largest absolute Gasteiger partial charge is 0.337 e. The van der Waals surface area contributed by atoms with E-state index in [0.29, 0.717) is 5.89 Å². The zero-order chi connectivity index (χ0) is 16.0. The van der Waals surface area contributed by atoms with Crippen molar-refractivity contribution in [3.05, 3.63) is 17.9 Å². The van der Waals surface area contributed by atoms with Crippen LogP contribution >= 0.6 is 0 Å². The number of nitrogens with zero attached hydrogens (tertiary/aromatic N) is 4. The second-order valence-corrected chi connectivity index (χ2v) is 8.05. The van der Waals surface area contributed by atoms with Crippen LogP contribution in [0.15, 0.2) is 15.7 Å². The molecule has 1 N–H and O–H groups in total. The molecule has 0 amide bonds. The summed E-state index contributed by atoms with van der Waals surface area (Å²) in [7, 11) is -3.81. The molecule has 1 aliphatic heterocycles. The molecule has 9 heteroatoms. The quantitative estimate of drug-likeness (QED) is 0.921. The third-order valence-electron chi connectivity index (χ3n) is 3.46. The number of fused-ring (bicyclic) bond motifs is 1. The van der Waals surface area contributed by atoms with Crippen LogP contribution in [0.3, 0.4) is 0 Å². The third kappa shape index (κ3) is 2.85. The molecule has 0 radical (unpaired) electrons. The van der Waals surface area contributed by atoms with Crippen LogP contribution in [-0.2, 0) is 28.4 Å². The van der Waals surface area contributed by atoms with Gasteiger partial charge in [-0.2, -0.15) is 13.4 Å². The maximum Gasteiger partial charge on any atom is 0.283 e. The van der Waals surface area contributed by atoms with Crippen LogP contribution in [0.4, 0.5) is 5.95 Å². The van der Waals surface area contributed by atoms with Crippen molar-refractivity contribution >= 4 is 16.0 Å². The highest BCUT2D eigenvalue weighted by Gasteiger charge is 2.26. The minimum absolute atomic E-state index is 0.00786. The fourth-order valence-corrected chi connectivity index (χ4v) is 3.18. The van der Waals surface area contributed by atoms with Crippen LogP contribution in [-0.4, -0.2) is 28.1 Å². The second kappa shape index (κ2) is 5.08. The first kappa shape index (κ1) is 15.0. The van der Waals surface area contributed by atoms with Gasteiger partial charge in [-0.05, 0) is 18.0 Å². The molecule has 1 aliphatic rings. The molecule has 8 nitrogen and oxygen atoms in total. The fourth-order valence-electron chi connectivity index (χ4n) is 2.26. The van der Waals surface area contributed by atoms with Crippen molar-refractivity contribution < 1.29 is 12.9 Å². The van der Waals surface area contributed by atoms with E-state index in [0.717, 1.165) is 31.6 Å². The average molecular weight is 325 g/mol.